The van der Waals surface area contributed by atoms with Crippen LogP contribution in [0.2, 0.25) is 5.02 Å². The van der Waals surface area contributed by atoms with E-state index in [9.17, 15) is 20.4 Å². The fourth-order valence-electron chi connectivity index (χ4n) is 2.48. The van der Waals surface area contributed by atoms with Crippen LogP contribution < -0.4 is 4.74 Å². The fourth-order valence-corrected chi connectivity index (χ4v) is 2.99. The topological polar surface area (TPSA) is 115 Å². The average molecular weight is 409 g/mol. The van der Waals surface area contributed by atoms with Crippen LogP contribution in [0.5, 0.6) is 5.75 Å². The molecule has 2 heterocycles. The Bertz CT molecular complexity index is 708. The second-order valence-electron chi connectivity index (χ2n) is 5.28. The minimum Gasteiger partial charge on any atom is -0.460 e. The van der Waals surface area contributed by atoms with E-state index < -0.39 is 37.3 Å². The van der Waals surface area contributed by atoms with E-state index >= 15 is 0 Å². The lowest BCUT2D eigenvalue weighted by molar-refractivity contribution is -0.277. The number of fused-ring (bicyclic) bond motifs is 1. The first-order chi connectivity index (χ1) is 10.9. The van der Waals surface area contributed by atoms with Crippen LogP contribution in [0.4, 0.5) is 0 Å². The van der Waals surface area contributed by atoms with E-state index in [-0.39, 0.29) is 0 Å². The molecule has 0 saturated carbocycles. The summed E-state index contributed by atoms with van der Waals surface area (Å²) < 4.78 is 11.6. The Balaban J connectivity index is 1.88. The molecule has 5 N–H and O–H groups in total. The van der Waals surface area contributed by atoms with Crippen LogP contribution in [-0.2, 0) is 4.74 Å². The Hall–Kier alpha value is -0.870. The van der Waals surface area contributed by atoms with Crippen LogP contribution in [0.15, 0.2) is 22.8 Å². The largest absolute Gasteiger partial charge is 0.460 e. The smallest absolute Gasteiger partial charge is 0.229 e. The predicted molar refractivity (Wildman–Crippen MR) is 85.4 cm³/mol. The summed E-state index contributed by atoms with van der Waals surface area (Å²) in [6.07, 6.45) is -5.07. The molecule has 23 heavy (non-hydrogen) atoms. The average Bonchev–Trinajstić information content (AvgIpc) is 2.90. The SMILES string of the molecule is OC[C@H]1O[C@H](Oc2c[nH]c3cc(Cl)c(Br)cc23)[C@H](O)[C@@H](O)[C@@H]1O. The minimum absolute atomic E-state index is 0.377. The zero-order chi connectivity index (χ0) is 16.7. The number of halogens is 2. The zero-order valence-corrected chi connectivity index (χ0v) is 14.0. The highest BCUT2D eigenvalue weighted by atomic mass is 79.9. The Kier molecular flexibility index (Phi) is 4.84. The summed E-state index contributed by atoms with van der Waals surface area (Å²) in [5.74, 6) is 0.377. The maximum absolute atomic E-state index is 10.0. The molecule has 0 radical (unpaired) electrons. The van der Waals surface area contributed by atoms with Crippen molar-refractivity contribution < 1.29 is 29.9 Å². The van der Waals surface area contributed by atoms with Crippen molar-refractivity contribution in [3.8, 4) is 5.75 Å². The summed E-state index contributed by atoms with van der Waals surface area (Å²) in [6, 6.07) is 3.45. The molecule has 126 valence electrons. The molecule has 9 heteroatoms. The van der Waals surface area contributed by atoms with Gasteiger partial charge in [-0.3, -0.25) is 0 Å². The molecule has 1 aliphatic rings. The van der Waals surface area contributed by atoms with Gasteiger partial charge in [0.2, 0.25) is 6.29 Å². The van der Waals surface area contributed by atoms with Gasteiger partial charge in [-0.2, -0.15) is 0 Å². The van der Waals surface area contributed by atoms with Gasteiger partial charge < -0.3 is 34.9 Å². The number of aliphatic hydroxyl groups is 4. The molecule has 3 rings (SSSR count). The zero-order valence-electron chi connectivity index (χ0n) is 11.7. The molecule has 0 bridgehead atoms. The quantitative estimate of drug-likeness (QED) is 0.512. The van der Waals surface area contributed by atoms with Crippen LogP contribution in [-0.4, -0.2) is 62.7 Å². The first-order valence-corrected chi connectivity index (χ1v) is 8.02. The number of benzene rings is 1. The molecule has 1 aromatic heterocycles. The Morgan fingerprint density at radius 1 is 1.22 bits per heavy atom. The number of hydrogen-bond donors (Lipinski definition) is 5. The summed E-state index contributed by atoms with van der Waals surface area (Å²) in [6.45, 7) is -0.514. The van der Waals surface area contributed by atoms with Gasteiger partial charge in [0, 0.05) is 16.1 Å². The normalized spacial score (nSPS) is 31.5. The van der Waals surface area contributed by atoms with Crippen molar-refractivity contribution in [1.29, 1.82) is 0 Å². The molecule has 0 aliphatic carbocycles. The highest BCUT2D eigenvalue weighted by Crippen LogP contribution is 2.34. The van der Waals surface area contributed by atoms with Crippen molar-refractivity contribution in [2.24, 2.45) is 0 Å². The van der Waals surface area contributed by atoms with E-state index in [4.69, 9.17) is 21.1 Å². The van der Waals surface area contributed by atoms with Gasteiger partial charge >= 0.3 is 0 Å². The van der Waals surface area contributed by atoms with E-state index in [1.165, 1.54) is 0 Å². The lowest BCUT2D eigenvalue weighted by Gasteiger charge is -2.39. The lowest BCUT2D eigenvalue weighted by Crippen LogP contribution is -2.60. The molecule has 5 atom stereocenters. The van der Waals surface area contributed by atoms with Crippen molar-refractivity contribution in [2.75, 3.05) is 6.61 Å². The number of nitrogens with one attached hydrogen (secondary N) is 1. The Morgan fingerprint density at radius 3 is 2.65 bits per heavy atom. The van der Waals surface area contributed by atoms with Gasteiger partial charge in [0.05, 0.1) is 17.1 Å². The third kappa shape index (κ3) is 3.08. The number of ether oxygens (including phenoxy) is 2. The number of H-pyrrole nitrogens is 1. The molecular formula is C14H15BrClNO6. The van der Waals surface area contributed by atoms with E-state index in [2.05, 4.69) is 20.9 Å². The predicted octanol–water partition coefficient (Wildman–Crippen LogP) is 0.762. The lowest BCUT2D eigenvalue weighted by atomic mass is 9.99. The maximum Gasteiger partial charge on any atom is 0.229 e. The molecule has 0 amide bonds. The molecular weight excluding hydrogens is 394 g/mol. The third-order valence-corrected chi connectivity index (χ3v) is 4.97. The van der Waals surface area contributed by atoms with Gasteiger partial charge in [-0.1, -0.05) is 11.6 Å². The first kappa shape index (κ1) is 17.0. The van der Waals surface area contributed by atoms with Gasteiger partial charge in [0.25, 0.3) is 0 Å². The number of aromatic amines is 1. The number of aliphatic hydroxyl groups excluding tert-OH is 4. The fraction of sp³-hybridized carbons (Fsp3) is 0.429. The van der Waals surface area contributed by atoms with Gasteiger partial charge in [-0.25, -0.2) is 0 Å². The highest BCUT2D eigenvalue weighted by molar-refractivity contribution is 9.10. The van der Waals surface area contributed by atoms with Crippen molar-refractivity contribution in [3.05, 3.63) is 27.8 Å². The third-order valence-electron chi connectivity index (χ3n) is 3.78. The van der Waals surface area contributed by atoms with Crippen molar-refractivity contribution >= 4 is 38.4 Å². The molecule has 1 saturated heterocycles. The van der Waals surface area contributed by atoms with Crippen LogP contribution in [0.25, 0.3) is 10.9 Å². The molecule has 1 aromatic carbocycles. The van der Waals surface area contributed by atoms with E-state index in [1.54, 1.807) is 18.3 Å². The van der Waals surface area contributed by atoms with Gasteiger partial charge in [0.1, 0.15) is 30.2 Å². The summed E-state index contributed by atoms with van der Waals surface area (Å²) in [5.41, 5.74) is 0.720. The van der Waals surface area contributed by atoms with Crippen molar-refractivity contribution in [1.82, 2.24) is 4.98 Å². The summed E-state index contributed by atoms with van der Waals surface area (Å²) >= 11 is 9.35. The monoisotopic (exact) mass is 407 g/mol. The van der Waals surface area contributed by atoms with Crippen molar-refractivity contribution in [2.45, 2.75) is 30.7 Å². The highest BCUT2D eigenvalue weighted by Gasteiger charge is 2.44. The van der Waals surface area contributed by atoms with E-state index in [0.717, 1.165) is 5.52 Å². The molecule has 7 nitrogen and oxygen atoms in total. The number of hydrogen-bond acceptors (Lipinski definition) is 6. The van der Waals surface area contributed by atoms with Crippen molar-refractivity contribution in [3.63, 3.8) is 0 Å². The van der Waals surface area contributed by atoms with Crippen LogP contribution in [0, 0.1) is 0 Å². The van der Waals surface area contributed by atoms with Crippen LogP contribution in [0.1, 0.15) is 0 Å². The van der Waals surface area contributed by atoms with Gasteiger partial charge in [0.15, 0.2) is 0 Å². The Morgan fingerprint density at radius 2 is 1.96 bits per heavy atom. The molecule has 0 unspecified atom stereocenters. The van der Waals surface area contributed by atoms with Crippen LogP contribution in [0.3, 0.4) is 0 Å². The summed E-state index contributed by atoms with van der Waals surface area (Å²) in [7, 11) is 0. The molecule has 1 fully saturated rings. The summed E-state index contributed by atoms with van der Waals surface area (Å²) in [4.78, 5) is 2.98. The minimum atomic E-state index is -1.49. The maximum atomic E-state index is 10.0. The second-order valence-corrected chi connectivity index (χ2v) is 6.54. The molecule has 0 spiro atoms. The Labute approximate surface area is 144 Å². The van der Waals surface area contributed by atoms with E-state index in [0.29, 0.717) is 20.6 Å². The number of aromatic nitrogens is 1. The molecule has 1 aliphatic heterocycles. The number of rotatable bonds is 3. The van der Waals surface area contributed by atoms with Crippen LogP contribution >= 0.6 is 27.5 Å². The first-order valence-electron chi connectivity index (χ1n) is 6.85. The van der Waals surface area contributed by atoms with Gasteiger partial charge in [-0.05, 0) is 28.1 Å². The second kappa shape index (κ2) is 6.56. The summed E-state index contributed by atoms with van der Waals surface area (Å²) in [5, 5.41) is 40.0. The standard InChI is InChI=1S/C14H15BrClNO6/c15-6-1-5-8(2-7(6)16)17-3-9(5)22-14-13(21)12(20)11(19)10(4-18)23-14/h1-3,10-14,17-21H,4H2/t10-,11-,12+,13-,14+/m1/s1. The van der Waals surface area contributed by atoms with Gasteiger partial charge in [-0.15, -0.1) is 0 Å². The molecule has 2 aromatic rings. The van der Waals surface area contributed by atoms with E-state index in [1.807, 2.05) is 0 Å².